The van der Waals surface area contributed by atoms with Gasteiger partial charge in [0, 0.05) is 12.0 Å². The largest absolute Gasteiger partial charge is 0.481 e. The lowest BCUT2D eigenvalue weighted by Crippen LogP contribution is -2.32. The van der Waals surface area contributed by atoms with E-state index in [-0.39, 0.29) is 24.6 Å². The van der Waals surface area contributed by atoms with Crippen LogP contribution in [0.3, 0.4) is 0 Å². The van der Waals surface area contributed by atoms with Crippen molar-refractivity contribution < 1.29 is 19.1 Å². The number of rotatable bonds is 6. The van der Waals surface area contributed by atoms with E-state index in [1.54, 1.807) is 39.0 Å². The molecular formula is C15H20FNO3. The standard InChI is InChI=1S/C15H20FNO3/c1-10(11-6-4-5-7-12(11)16)17-13(18)8-15(2,3)9-14(19)20/h4-7,10H,8-9H2,1-3H3,(H,17,18)(H,19,20)/t10-/m1/s1. The number of halogens is 1. The topological polar surface area (TPSA) is 66.4 Å². The van der Waals surface area contributed by atoms with Crippen LogP contribution in [0.1, 0.15) is 45.2 Å². The Morgan fingerprint density at radius 2 is 1.90 bits per heavy atom. The van der Waals surface area contributed by atoms with Crippen molar-refractivity contribution in [3.8, 4) is 0 Å². The van der Waals surface area contributed by atoms with E-state index >= 15 is 0 Å². The maximum Gasteiger partial charge on any atom is 0.303 e. The van der Waals surface area contributed by atoms with E-state index < -0.39 is 17.4 Å². The molecule has 0 aromatic heterocycles. The quantitative estimate of drug-likeness (QED) is 0.842. The van der Waals surface area contributed by atoms with Gasteiger partial charge < -0.3 is 10.4 Å². The fourth-order valence-electron chi connectivity index (χ4n) is 2.10. The molecule has 0 radical (unpaired) electrons. The zero-order valence-electron chi connectivity index (χ0n) is 11.9. The number of carbonyl (C=O) groups is 2. The van der Waals surface area contributed by atoms with Crippen LogP contribution >= 0.6 is 0 Å². The zero-order chi connectivity index (χ0) is 15.3. The van der Waals surface area contributed by atoms with Gasteiger partial charge in [-0.05, 0) is 18.4 Å². The third kappa shape index (κ3) is 4.99. The number of nitrogens with one attached hydrogen (secondary N) is 1. The Bertz CT molecular complexity index is 500. The lowest BCUT2D eigenvalue weighted by atomic mass is 9.85. The van der Waals surface area contributed by atoms with Crippen LogP contribution in [-0.4, -0.2) is 17.0 Å². The maximum absolute atomic E-state index is 13.6. The van der Waals surface area contributed by atoms with Gasteiger partial charge >= 0.3 is 5.97 Å². The number of carboxylic acids is 1. The first kappa shape index (κ1) is 16.1. The highest BCUT2D eigenvalue weighted by atomic mass is 19.1. The van der Waals surface area contributed by atoms with Gasteiger partial charge in [-0.3, -0.25) is 9.59 Å². The zero-order valence-corrected chi connectivity index (χ0v) is 11.9. The summed E-state index contributed by atoms with van der Waals surface area (Å²) in [5.41, 5.74) is -0.220. The predicted octanol–water partition coefficient (Wildman–Crippen LogP) is 2.89. The minimum absolute atomic E-state index is 0.0814. The van der Waals surface area contributed by atoms with Gasteiger partial charge in [-0.15, -0.1) is 0 Å². The summed E-state index contributed by atoms with van der Waals surface area (Å²) in [4.78, 5) is 22.6. The summed E-state index contributed by atoms with van der Waals surface area (Å²) in [5, 5.41) is 11.5. The molecule has 0 aliphatic heterocycles. The molecule has 0 saturated carbocycles. The number of benzene rings is 1. The van der Waals surface area contributed by atoms with Crippen molar-refractivity contribution in [1.82, 2.24) is 5.32 Å². The number of hydrogen-bond donors (Lipinski definition) is 2. The van der Waals surface area contributed by atoms with Gasteiger partial charge in [0.05, 0.1) is 12.5 Å². The van der Waals surface area contributed by atoms with Crippen LogP contribution in [0.2, 0.25) is 0 Å². The van der Waals surface area contributed by atoms with Crippen LogP contribution < -0.4 is 5.32 Å². The molecule has 20 heavy (non-hydrogen) atoms. The molecule has 1 aromatic rings. The third-order valence-corrected chi connectivity index (χ3v) is 3.02. The molecule has 1 aromatic carbocycles. The summed E-state index contributed by atoms with van der Waals surface area (Å²) >= 11 is 0. The van der Waals surface area contributed by atoms with E-state index in [1.165, 1.54) is 6.07 Å². The highest BCUT2D eigenvalue weighted by Gasteiger charge is 2.26. The fraction of sp³-hybridized carbons (Fsp3) is 0.467. The molecule has 2 N–H and O–H groups in total. The molecule has 1 atom stereocenters. The molecule has 0 heterocycles. The molecule has 110 valence electrons. The molecule has 0 aliphatic carbocycles. The highest BCUT2D eigenvalue weighted by Crippen LogP contribution is 2.25. The van der Waals surface area contributed by atoms with E-state index in [0.717, 1.165) is 0 Å². The second-order valence-corrected chi connectivity index (χ2v) is 5.72. The van der Waals surface area contributed by atoms with Crippen LogP contribution in [0.4, 0.5) is 4.39 Å². The van der Waals surface area contributed by atoms with Gasteiger partial charge in [0.25, 0.3) is 0 Å². The van der Waals surface area contributed by atoms with Crippen LogP contribution in [0, 0.1) is 11.2 Å². The first-order valence-electron chi connectivity index (χ1n) is 6.47. The van der Waals surface area contributed by atoms with E-state index in [2.05, 4.69) is 5.32 Å². The normalized spacial score (nSPS) is 12.8. The molecule has 5 heteroatoms. The van der Waals surface area contributed by atoms with Gasteiger partial charge in [0.2, 0.25) is 5.91 Å². The Hall–Kier alpha value is -1.91. The Labute approximate surface area is 118 Å². The summed E-state index contributed by atoms with van der Waals surface area (Å²) in [7, 11) is 0. The van der Waals surface area contributed by atoms with Crippen molar-refractivity contribution in [1.29, 1.82) is 0 Å². The number of carbonyl (C=O) groups excluding carboxylic acids is 1. The molecule has 0 aliphatic rings. The lowest BCUT2D eigenvalue weighted by Gasteiger charge is -2.23. The second kappa shape index (κ2) is 6.50. The molecule has 0 spiro atoms. The Balaban J connectivity index is 2.63. The first-order valence-corrected chi connectivity index (χ1v) is 6.47. The molecule has 0 bridgehead atoms. The monoisotopic (exact) mass is 281 g/mol. The summed E-state index contributed by atoms with van der Waals surface area (Å²) in [6.45, 7) is 5.13. The van der Waals surface area contributed by atoms with Crippen molar-refractivity contribution in [3.05, 3.63) is 35.6 Å². The Morgan fingerprint density at radius 1 is 1.30 bits per heavy atom. The minimum atomic E-state index is -0.940. The van der Waals surface area contributed by atoms with E-state index in [0.29, 0.717) is 5.56 Å². The van der Waals surface area contributed by atoms with Crippen molar-refractivity contribution in [2.75, 3.05) is 0 Å². The fourth-order valence-corrected chi connectivity index (χ4v) is 2.10. The Kier molecular flexibility index (Phi) is 5.25. The van der Waals surface area contributed by atoms with Crippen molar-refractivity contribution >= 4 is 11.9 Å². The highest BCUT2D eigenvalue weighted by molar-refractivity contribution is 5.78. The summed E-state index contributed by atoms with van der Waals surface area (Å²) in [6, 6.07) is 5.79. The van der Waals surface area contributed by atoms with Crippen molar-refractivity contribution in [3.63, 3.8) is 0 Å². The molecule has 0 saturated heterocycles. The van der Waals surface area contributed by atoms with Gasteiger partial charge in [0.15, 0.2) is 0 Å². The van der Waals surface area contributed by atoms with E-state index in [4.69, 9.17) is 5.11 Å². The smallest absolute Gasteiger partial charge is 0.303 e. The van der Waals surface area contributed by atoms with Crippen LogP contribution in [0.5, 0.6) is 0 Å². The SMILES string of the molecule is C[C@@H](NC(=O)CC(C)(C)CC(=O)O)c1ccccc1F. The molecule has 4 nitrogen and oxygen atoms in total. The maximum atomic E-state index is 13.6. The van der Waals surface area contributed by atoms with Crippen molar-refractivity contribution in [2.45, 2.75) is 39.7 Å². The van der Waals surface area contributed by atoms with Gasteiger partial charge in [-0.1, -0.05) is 32.0 Å². The summed E-state index contributed by atoms with van der Waals surface area (Å²) < 4.78 is 13.6. The van der Waals surface area contributed by atoms with E-state index in [1.807, 2.05) is 0 Å². The third-order valence-electron chi connectivity index (χ3n) is 3.02. The van der Waals surface area contributed by atoms with E-state index in [9.17, 15) is 14.0 Å². The number of aliphatic carboxylic acids is 1. The van der Waals surface area contributed by atoms with Crippen LogP contribution in [0.25, 0.3) is 0 Å². The lowest BCUT2D eigenvalue weighted by molar-refractivity contribution is -0.139. The molecular weight excluding hydrogens is 261 g/mol. The number of amides is 1. The van der Waals surface area contributed by atoms with Gasteiger partial charge in [-0.2, -0.15) is 0 Å². The van der Waals surface area contributed by atoms with Gasteiger partial charge in [0.1, 0.15) is 5.82 Å². The predicted molar refractivity (Wildman–Crippen MR) is 73.6 cm³/mol. The van der Waals surface area contributed by atoms with Gasteiger partial charge in [-0.25, -0.2) is 4.39 Å². The number of carboxylic acid groups (broad SMARTS) is 1. The first-order chi connectivity index (χ1) is 9.21. The van der Waals surface area contributed by atoms with Crippen LogP contribution in [-0.2, 0) is 9.59 Å². The molecule has 1 amide bonds. The molecule has 0 fully saturated rings. The summed E-state index contributed by atoms with van der Waals surface area (Å²) in [6.07, 6.45) is -0.00735. The molecule has 0 unspecified atom stereocenters. The Morgan fingerprint density at radius 3 is 2.45 bits per heavy atom. The average molecular weight is 281 g/mol. The van der Waals surface area contributed by atoms with Crippen molar-refractivity contribution in [2.24, 2.45) is 5.41 Å². The number of hydrogen-bond acceptors (Lipinski definition) is 2. The van der Waals surface area contributed by atoms with Crippen LogP contribution in [0.15, 0.2) is 24.3 Å². The summed E-state index contributed by atoms with van der Waals surface area (Å²) in [5.74, 6) is -1.60. The second-order valence-electron chi connectivity index (χ2n) is 5.72. The minimum Gasteiger partial charge on any atom is -0.481 e. The average Bonchev–Trinajstić information content (AvgIpc) is 2.25. The molecule has 1 rings (SSSR count).